The molecule has 0 fully saturated rings. The van der Waals surface area contributed by atoms with Crippen LogP contribution in [0.25, 0.3) is 0 Å². The number of hydrazone groups is 1. The van der Waals surface area contributed by atoms with Crippen molar-refractivity contribution in [3.05, 3.63) is 54.1 Å². The number of carbonyl (C=O) groups excluding carboxylic acids is 3. The highest BCUT2D eigenvalue weighted by Gasteiger charge is 2.38. The summed E-state index contributed by atoms with van der Waals surface area (Å²) in [5.74, 6) is -3.00. The van der Waals surface area contributed by atoms with Gasteiger partial charge in [-0.05, 0) is 38.1 Å². The normalized spacial score (nSPS) is 15.5. The van der Waals surface area contributed by atoms with Gasteiger partial charge in [0.25, 0.3) is 11.8 Å². The van der Waals surface area contributed by atoms with E-state index in [1.165, 1.54) is 25.1 Å². The summed E-state index contributed by atoms with van der Waals surface area (Å²) in [6, 6.07) is 11.5. The molecule has 0 aromatic heterocycles. The van der Waals surface area contributed by atoms with Crippen LogP contribution in [-0.4, -0.2) is 52.2 Å². The van der Waals surface area contributed by atoms with Crippen molar-refractivity contribution in [2.75, 3.05) is 11.9 Å². The molecule has 33 heavy (non-hydrogen) atoms. The zero-order chi connectivity index (χ0) is 24.0. The van der Waals surface area contributed by atoms with Gasteiger partial charge >= 0.3 is 5.97 Å². The molecule has 0 saturated heterocycles. The van der Waals surface area contributed by atoms with E-state index >= 15 is 0 Å². The maximum atomic E-state index is 12.6. The highest BCUT2D eigenvalue weighted by molar-refractivity contribution is 6.18. The number of hydrogen-bond acceptors (Lipinski definition) is 8. The lowest BCUT2D eigenvalue weighted by atomic mass is 10.2. The first-order valence-corrected chi connectivity index (χ1v) is 9.98. The van der Waals surface area contributed by atoms with Crippen molar-refractivity contribution < 1.29 is 29.0 Å². The molecule has 2 aromatic rings. The van der Waals surface area contributed by atoms with Gasteiger partial charge in [-0.3, -0.25) is 14.4 Å². The van der Waals surface area contributed by atoms with E-state index in [1.54, 1.807) is 37.3 Å². The van der Waals surface area contributed by atoms with E-state index in [9.17, 15) is 24.3 Å². The molecule has 0 spiro atoms. The first-order valence-electron chi connectivity index (χ1n) is 9.98. The van der Waals surface area contributed by atoms with E-state index in [1.807, 2.05) is 0 Å². The molecular formula is C22H21N5O6. The molecule has 1 atom stereocenters. The standard InChI is InChI=1S/C22H21N5O6/c1-3-33-17-11-7-6-10-16(17)23-18(28)12-19(29)27-21(30)20(13(2)26-27)25-24-15-9-5-4-8-14(15)22(31)32/h4-11,20H,3,12H2,1-2H3,(H,23,28)(H,31,32). The third kappa shape index (κ3) is 5.45. The van der Waals surface area contributed by atoms with Crippen LogP contribution in [0.2, 0.25) is 0 Å². The van der Waals surface area contributed by atoms with E-state index in [4.69, 9.17) is 4.74 Å². The van der Waals surface area contributed by atoms with Gasteiger partial charge in [-0.25, -0.2) is 4.79 Å². The topological polar surface area (TPSA) is 150 Å². The van der Waals surface area contributed by atoms with Crippen LogP contribution in [0.4, 0.5) is 11.4 Å². The summed E-state index contributed by atoms with van der Waals surface area (Å²) in [6.07, 6.45) is -0.630. The maximum absolute atomic E-state index is 12.6. The fourth-order valence-electron chi connectivity index (χ4n) is 2.99. The molecule has 0 saturated carbocycles. The zero-order valence-corrected chi connectivity index (χ0v) is 17.9. The Balaban J connectivity index is 1.67. The highest BCUT2D eigenvalue weighted by atomic mass is 16.5. The van der Waals surface area contributed by atoms with E-state index in [-0.39, 0.29) is 17.0 Å². The van der Waals surface area contributed by atoms with Gasteiger partial charge in [-0.2, -0.15) is 20.3 Å². The summed E-state index contributed by atoms with van der Waals surface area (Å²) in [7, 11) is 0. The number of benzene rings is 2. The Morgan fingerprint density at radius 1 is 1.15 bits per heavy atom. The van der Waals surface area contributed by atoms with Gasteiger partial charge in [0.2, 0.25) is 5.91 Å². The molecular weight excluding hydrogens is 430 g/mol. The van der Waals surface area contributed by atoms with Crippen molar-refractivity contribution in [2.45, 2.75) is 26.3 Å². The second-order valence-electron chi connectivity index (χ2n) is 6.88. The quantitative estimate of drug-likeness (QED) is 0.465. The fourth-order valence-corrected chi connectivity index (χ4v) is 2.99. The molecule has 0 bridgehead atoms. The first kappa shape index (κ1) is 23.3. The average Bonchev–Trinajstić information content (AvgIpc) is 3.07. The minimum Gasteiger partial charge on any atom is -0.492 e. The Morgan fingerprint density at radius 2 is 1.85 bits per heavy atom. The van der Waals surface area contributed by atoms with Crippen molar-refractivity contribution in [2.24, 2.45) is 15.3 Å². The fraction of sp³-hybridized carbons (Fsp3) is 0.227. The van der Waals surface area contributed by atoms with Crippen LogP contribution < -0.4 is 10.1 Å². The third-order valence-corrected chi connectivity index (χ3v) is 4.52. The molecule has 1 unspecified atom stereocenters. The Bertz CT molecular complexity index is 1160. The molecule has 11 nitrogen and oxygen atoms in total. The molecule has 2 N–H and O–H groups in total. The lowest BCUT2D eigenvalue weighted by molar-refractivity contribution is -0.144. The molecule has 0 radical (unpaired) electrons. The summed E-state index contributed by atoms with van der Waals surface area (Å²) in [5.41, 5.74) is 0.557. The molecule has 1 heterocycles. The van der Waals surface area contributed by atoms with Crippen LogP contribution in [0.3, 0.4) is 0 Å². The van der Waals surface area contributed by atoms with Crippen LogP contribution in [0.5, 0.6) is 5.75 Å². The van der Waals surface area contributed by atoms with Crippen LogP contribution in [-0.2, 0) is 14.4 Å². The van der Waals surface area contributed by atoms with E-state index in [0.717, 1.165) is 0 Å². The third-order valence-electron chi connectivity index (χ3n) is 4.52. The number of carboxylic acid groups (broad SMARTS) is 1. The summed E-state index contributed by atoms with van der Waals surface area (Å²) in [4.78, 5) is 48.8. The van der Waals surface area contributed by atoms with Crippen LogP contribution >= 0.6 is 0 Å². The highest BCUT2D eigenvalue weighted by Crippen LogP contribution is 2.24. The number of imide groups is 1. The lowest BCUT2D eigenvalue weighted by Gasteiger charge is -2.13. The van der Waals surface area contributed by atoms with Crippen molar-refractivity contribution in [1.82, 2.24) is 5.01 Å². The minimum absolute atomic E-state index is 0.0581. The van der Waals surface area contributed by atoms with Gasteiger partial charge in [-0.15, -0.1) is 0 Å². The van der Waals surface area contributed by atoms with Gasteiger partial charge in [0.15, 0.2) is 6.04 Å². The van der Waals surface area contributed by atoms with Crippen molar-refractivity contribution >= 4 is 40.8 Å². The van der Waals surface area contributed by atoms with Crippen molar-refractivity contribution in [3.8, 4) is 5.75 Å². The zero-order valence-electron chi connectivity index (χ0n) is 17.9. The number of carbonyl (C=O) groups is 4. The number of ether oxygens (including phenoxy) is 1. The predicted molar refractivity (Wildman–Crippen MR) is 118 cm³/mol. The van der Waals surface area contributed by atoms with Crippen molar-refractivity contribution in [1.29, 1.82) is 0 Å². The number of nitrogens with one attached hydrogen (secondary N) is 1. The summed E-state index contributed by atoms with van der Waals surface area (Å²) in [5, 5.41) is 24.0. The lowest BCUT2D eigenvalue weighted by Crippen LogP contribution is -2.36. The number of nitrogens with zero attached hydrogens (tertiary/aromatic N) is 4. The second-order valence-corrected chi connectivity index (χ2v) is 6.88. The van der Waals surface area contributed by atoms with E-state index in [0.29, 0.717) is 23.1 Å². The second kappa shape index (κ2) is 10.3. The van der Waals surface area contributed by atoms with Gasteiger partial charge in [-0.1, -0.05) is 24.3 Å². The first-order chi connectivity index (χ1) is 15.8. The van der Waals surface area contributed by atoms with Gasteiger partial charge in [0.05, 0.1) is 29.3 Å². The van der Waals surface area contributed by atoms with Crippen LogP contribution in [0.15, 0.2) is 63.9 Å². The number of amides is 3. The molecule has 11 heteroatoms. The number of rotatable bonds is 8. The Hall–Kier alpha value is -4.41. The van der Waals surface area contributed by atoms with Gasteiger partial charge in [0, 0.05) is 0 Å². The largest absolute Gasteiger partial charge is 0.492 e. The average molecular weight is 451 g/mol. The maximum Gasteiger partial charge on any atom is 0.337 e. The Morgan fingerprint density at radius 3 is 2.58 bits per heavy atom. The van der Waals surface area contributed by atoms with Gasteiger partial charge < -0.3 is 15.2 Å². The number of carboxylic acids is 1. The molecule has 1 aliphatic rings. The summed E-state index contributed by atoms with van der Waals surface area (Å²) < 4.78 is 5.43. The van der Waals surface area contributed by atoms with E-state index in [2.05, 4.69) is 20.6 Å². The molecule has 2 aromatic carbocycles. The van der Waals surface area contributed by atoms with Crippen molar-refractivity contribution in [3.63, 3.8) is 0 Å². The minimum atomic E-state index is -1.20. The molecule has 1 aliphatic heterocycles. The van der Waals surface area contributed by atoms with Crippen LogP contribution in [0.1, 0.15) is 30.6 Å². The number of azo groups is 1. The number of anilines is 1. The summed E-state index contributed by atoms with van der Waals surface area (Å²) in [6.45, 7) is 3.68. The smallest absolute Gasteiger partial charge is 0.337 e. The Labute approximate surface area is 188 Å². The Kier molecular flexibility index (Phi) is 7.24. The van der Waals surface area contributed by atoms with Gasteiger partial charge in [0.1, 0.15) is 12.2 Å². The number of aromatic carboxylic acids is 1. The molecule has 3 amide bonds. The summed E-state index contributed by atoms with van der Waals surface area (Å²) >= 11 is 0. The SMILES string of the molecule is CCOc1ccccc1NC(=O)CC(=O)N1N=C(C)C(N=Nc2ccccc2C(=O)O)C1=O. The predicted octanol–water partition coefficient (Wildman–Crippen LogP) is 3.01. The monoisotopic (exact) mass is 451 g/mol. The molecule has 170 valence electrons. The molecule has 3 rings (SSSR count). The number of hydrogen-bond donors (Lipinski definition) is 2. The number of para-hydroxylation sites is 2. The van der Waals surface area contributed by atoms with Crippen LogP contribution in [0, 0.1) is 0 Å². The molecule has 0 aliphatic carbocycles. The van der Waals surface area contributed by atoms with E-state index < -0.39 is 36.2 Å².